The van der Waals surface area contributed by atoms with Crippen LogP contribution in [0.2, 0.25) is 0 Å². The van der Waals surface area contributed by atoms with Gasteiger partial charge in [0.25, 0.3) is 0 Å². The molecule has 0 aliphatic rings. The van der Waals surface area contributed by atoms with Gasteiger partial charge in [0.2, 0.25) is 0 Å². The molecular formula is C24H28NOPS. The molecule has 2 nitrogen and oxygen atoms in total. The van der Waals surface area contributed by atoms with Gasteiger partial charge < -0.3 is 9.46 Å². The molecule has 3 aromatic rings. The van der Waals surface area contributed by atoms with Crippen LogP contribution in [0, 0.1) is 0 Å². The van der Waals surface area contributed by atoms with Crippen molar-refractivity contribution in [2.75, 3.05) is 32.1 Å². The van der Waals surface area contributed by atoms with E-state index >= 15 is 0 Å². The van der Waals surface area contributed by atoms with E-state index in [0.717, 1.165) is 35.2 Å². The number of hydrogen-bond acceptors (Lipinski definition) is 3. The van der Waals surface area contributed by atoms with Gasteiger partial charge in [0, 0.05) is 41.4 Å². The Morgan fingerprint density at radius 1 is 0.750 bits per heavy atom. The summed E-state index contributed by atoms with van der Waals surface area (Å²) in [4.78, 5) is 2.30. The summed E-state index contributed by atoms with van der Waals surface area (Å²) in [7, 11) is -0.485. The maximum Gasteiger partial charge on any atom is 0.144 e. The molecule has 0 aliphatic heterocycles. The third kappa shape index (κ3) is 5.85. The summed E-state index contributed by atoms with van der Waals surface area (Å²) in [6.07, 6.45) is 0.668. The minimum Gasteiger partial charge on any atom is -0.314 e. The lowest BCUT2D eigenvalue weighted by molar-refractivity contribution is 0.377. The third-order valence-electron chi connectivity index (χ3n) is 4.87. The van der Waals surface area contributed by atoms with Crippen molar-refractivity contribution in [1.82, 2.24) is 4.90 Å². The van der Waals surface area contributed by atoms with Crippen molar-refractivity contribution in [3.8, 4) is 0 Å². The smallest absolute Gasteiger partial charge is 0.144 e. The molecule has 0 fully saturated rings. The van der Waals surface area contributed by atoms with Crippen LogP contribution < -0.4 is 10.6 Å². The van der Waals surface area contributed by atoms with Gasteiger partial charge in [-0.3, -0.25) is 0 Å². The summed E-state index contributed by atoms with van der Waals surface area (Å²) in [5, 5.41) is 1.90. The number of hydrogen-bond donors (Lipinski definition) is 0. The molecule has 3 aromatic carbocycles. The standard InChI is InChI=1S/C24H28NOPS/c1-25(18-20-28-21-22-11-5-2-6-12-22)17-19-27(26,23-13-7-3-8-14-23)24-15-9-4-10-16-24/h2-16H,17-21H2,1H3. The van der Waals surface area contributed by atoms with Crippen molar-refractivity contribution < 1.29 is 4.57 Å². The van der Waals surface area contributed by atoms with Gasteiger partial charge in [-0.15, -0.1) is 0 Å². The van der Waals surface area contributed by atoms with E-state index in [1.54, 1.807) is 0 Å². The molecule has 0 radical (unpaired) electrons. The van der Waals surface area contributed by atoms with Crippen LogP contribution in [-0.4, -0.2) is 37.0 Å². The summed E-state index contributed by atoms with van der Waals surface area (Å²) < 4.78 is 14.0. The summed E-state index contributed by atoms with van der Waals surface area (Å²) in [6, 6.07) is 30.5. The Balaban J connectivity index is 1.56. The fourth-order valence-corrected chi connectivity index (χ4v) is 6.91. The van der Waals surface area contributed by atoms with Crippen LogP contribution in [0.3, 0.4) is 0 Å². The topological polar surface area (TPSA) is 20.3 Å². The summed E-state index contributed by atoms with van der Waals surface area (Å²) in [6.45, 7) is 1.83. The Bertz CT molecular complexity index is 827. The van der Waals surface area contributed by atoms with Crippen molar-refractivity contribution in [3.05, 3.63) is 96.6 Å². The van der Waals surface area contributed by atoms with E-state index in [1.807, 2.05) is 72.4 Å². The Kier molecular flexibility index (Phi) is 7.97. The Hall–Kier alpha value is -1.80. The lowest BCUT2D eigenvalue weighted by atomic mass is 10.2. The van der Waals surface area contributed by atoms with Crippen LogP contribution in [0.25, 0.3) is 0 Å². The molecule has 0 aliphatic carbocycles. The van der Waals surface area contributed by atoms with Gasteiger partial charge in [0.15, 0.2) is 0 Å². The Morgan fingerprint density at radius 2 is 1.25 bits per heavy atom. The molecule has 0 N–H and O–H groups in total. The molecule has 0 aromatic heterocycles. The molecule has 0 spiro atoms. The number of rotatable bonds is 10. The van der Waals surface area contributed by atoms with Crippen molar-refractivity contribution in [2.45, 2.75) is 5.75 Å². The van der Waals surface area contributed by atoms with Crippen molar-refractivity contribution in [3.63, 3.8) is 0 Å². The van der Waals surface area contributed by atoms with Crippen LogP contribution in [-0.2, 0) is 10.3 Å². The van der Waals surface area contributed by atoms with E-state index in [-0.39, 0.29) is 0 Å². The van der Waals surface area contributed by atoms with E-state index < -0.39 is 7.14 Å². The van der Waals surface area contributed by atoms with Gasteiger partial charge in [-0.2, -0.15) is 11.8 Å². The van der Waals surface area contributed by atoms with E-state index in [0.29, 0.717) is 6.16 Å². The predicted octanol–water partition coefficient (Wildman–Crippen LogP) is 4.87. The molecular weight excluding hydrogens is 381 g/mol. The minimum atomic E-state index is -2.61. The zero-order chi connectivity index (χ0) is 19.7. The summed E-state index contributed by atoms with van der Waals surface area (Å²) >= 11 is 1.95. The Morgan fingerprint density at radius 3 is 1.79 bits per heavy atom. The number of nitrogens with zero attached hydrogens (tertiary/aromatic N) is 1. The first-order chi connectivity index (χ1) is 13.7. The predicted molar refractivity (Wildman–Crippen MR) is 125 cm³/mol. The Labute approximate surface area is 173 Å². The first kappa shape index (κ1) is 20.9. The van der Waals surface area contributed by atoms with Crippen molar-refractivity contribution in [2.24, 2.45) is 0 Å². The second-order valence-corrected chi connectivity index (χ2v) is 11.0. The lowest BCUT2D eigenvalue weighted by Crippen LogP contribution is -2.28. The second kappa shape index (κ2) is 10.7. The first-order valence-corrected chi connectivity index (χ1v) is 12.7. The van der Waals surface area contributed by atoms with Crippen LogP contribution in [0.4, 0.5) is 0 Å². The largest absolute Gasteiger partial charge is 0.314 e. The fourth-order valence-electron chi connectivity index (χ4n) is 3.15. The summed E-state index contributed by atoms with van der Waals surface area (Å²) in [5.74, 6) is 2.12. The molecule has 0 saturated carbocycles. The normalized spacial score (nSPS) is 11.6. The van der Waals surface area contributed by atoms with Crippen LogP contribution >= 0.6 is 18.9 Å². The van der Waals surface area contributed by atoms with E-state index in [4.69, 9.17) is 0 Å². The molecule has 0 amide bonds. The maximum atomic E-state index is 14.0. The van der Waals surface area contributed by atoms with Gasteiger partial charge >= 0.3 is 0 Å². The SMILES string of the molecule is CN(CCSCc1ccccc1)CCP(=O)(c1ccccc1)c1ccccc1. The fraction of sp³-hybridized carbons (Fsp3) is 0.250. The van der Waals surface area contributed by atoms with E-state index in [1.165, 1.54) is 5.56 Å². The number of thioether (sulfide) groups is 1. The average Bonchev–Trinajstić information content (AvgIpc) is 2.77. The molecule has 0 saturated heterocycles. The zero-order valence-corrected chi connectivity index (χ0v) is 18.1. The van der Waals surface area contributed by atoms with E-state index in [2.05, 4.69) is 42.3 Å². The molecule has 0 bridgehead atoms. The highest BCUT2D eigenvalue weighted by atomic mass is 32.2. The van der Waals surface area contributed by atoms with Crippen LogP contribution in [0.15, 0.2) is 91.0 Å². The summed E-state index contributed by atoms with van der Waals surface area (Å²) in [5.41, 5.74) is 1.37. The monoisotopic (exact) mass is 409 g/mol. The highest BCUT2D eigenvalue weighted by Crippen LogP contribution is 2.42. The van der Waals surface area contributed by atoms with Crippen molar-refractivity contribution in [1.29, 1.82) is 0 Å². The van der Waals surface area contributed by atoms with Crippen molar-refractivity contribution >= 4 is 29.5 Å². The van der Waals surface area contributed by atoms with Gasteiger partial charge in [-0.1, -0.05) is 91.0 Å². The molecule has 4 heteroatoms. The third-order valence-corrected chi connectivity index (χ3v) is 8.98. The van der Waals surface area contributed by atoms with Gasteiger partial charge in [-0.05, 0) is 12.6 Å². The van der Waals surface area contributed by atoms with Crippen LogP contribution in [0.1, 0.15) is 5.56 Å². The van der Waals surface area contributed by atoms with Gasteiger partial charge in [0.05, 0.1) is 0 Å². The quantitative estimate of drug-likeness (QED) is 0.352. The molecule has 3 rings (SSSR count). The lowest BCUT2D eigenvalue weighted by Gasteiger charge is -2.23. The molecule has 0 atom stereocenters. The van der Waals surface area contributed by atoms with E-state index in [9.17, 15) is 4.57 Å². The molecule has 0 heterocycles. The first-order valence-electron chi connectivity index (χ1n) is 9.69. The highest BCUT2D eigenvalue weighted by Gasteiger charge is 2.26. The van der Waals surface area contributed by atoms with Gasteiger partial charge in [0.1, 0.15) is 7.14 Å². The minimum absolute atomic E-state index is 0.668. The molecule has 0 unspecified atom stereocenters. The van der Waals surface area contributed by atoms with Gasteiger partial charge in [-0.25, -0.2) is 0 Å². The maximum absolute atomic E-state index is 14.0. The molecule has 28 heavy (non-hydrogen) atoms. The zero-order valence-electron chi connectivity index (χ0n) is 16.4. The second-order valence-electron chi connectivity index (χ2n) is 6.98. The molecule has 146 valence electrons. The highest BCUT2D eigenvalue weighted by molar-refractivity contribution is 7.98. The average molecular weight is 410 g/mol. The number of benzene rings is 3. The van der Waals surface area contributed by atoms with Crippen LogP contribution in [0.5, 0.6) is 0 Å².